The van der Waals surface area contributed by atoms with Crippen LogP contribution in [0.1, 0.15) is 37.3 Å². The largest absolute Gasteiger partial charge is 0.489 e. The molecular formula is C27H37F3N4O5. The van der Waals surface area contributed by atoms with Gasteiger partial charge in [-0.25, -0.2) is 0 Å². The molecule has 0 unspecified atom stereocenters. The van der Waals surface area contributed by atoms with Gasteiger partial charge in [0.25, 0.3) is 11.9 Å². The zero-order valence-electron chi connectivity index (χ0n) is 22.6. The summed E-state index contributed by atoms with van der Waals surface area (Å²) in [6.07, 6.45) is -2.06. The van der Waals surface area contributed by atoms with Gasteiger partial charge in [0.1, 0.15) is 18.1 Å². The summed E-state index contributed by atoms with van der Waals surface area (Å²) in [6.45, 7) is 7.74. The number of halogens is 3. The Balaban J connectivity index is 1.64. The van der Waals surface area contributed by atoms with Crippen molar-refractivity contribution in [2.45, 2.75) is 57.2 Å². The van der Waals surface area contributed by atoms with E-state index in [9.17, 15) is 18.0 Å². The Morgan fingerprint density at radius 2 is 1.87 bits per heavy atom. The van der Waals surface area contributed by atoms with E-state index in [1.165, 1.54) is 19.2 Å². The van der Waals surface area contributed by atoms with Crippen molar-refractivity contribution < 1.29 is 36.9 Å². The maximum Gasteiger partial charge on any atom is 0.416 e. The number of nitrogens with one attached hydrogen (secondary N) is 1. The third-order valence-corrected chi connectivity index (χ3v) is 6.94. The number of nitrogens with two attached hydrogens (primary N) is 1. The van der Waals surface area contributed by atoms with Crippen molar-refractivity contribution in [1.29, 1.82) is 0 Å². The van der Waals surface area contributed by atoms with E-state index < -0.39 is 11.7 Å². The highest BCUT2D eigenvalue weighted by atomic mass is 19.4. The van der Waals surface area contributed by atoms with Crippen LogP contribution in [0.15, 0.2) is 52.9 Å². The molecule has 9 nitrogen and oxygen atoms in total. The Labute approximate surface area is 226 Å². The number of aliphatic imine (C=N–C) groups is 1. The van der Waals surface area contributed by atoms with E-state index in [-0.39, 0.29) is 48.2 Å². The van der Waals surface area contributed by atoms with Gasteiger partial charge in [-0.15, -0.1) is 0 Å². The van der Waals surface area contributed by atoms with Crippen molar-refractivity contribution in [3.05, 3.63) is 59.0 Å². The number of rotatable bonds is 9. The second-order valence-electron chi connectivity index (χ2n) is 9.51. The third kappa shape index (κ3) is 8.45. The van der Waals surface area contributed by atoms with Crippen LogP contribution in [0.5, 0.6) is 0 Å². The number of alkyl halides is 3. The third-order valence-electron chi connectivity index (χ3n) is 6.94. The van der Waals surface area contributed by atoms with Crippen LogP contribution in [0, 0.1) is 0 Å². The number of ether oxygens (including phenoxy) is 4. The lowest BCUT2D eigenvalue weighted by molar-refractivity contribution is -0.137. The molecule has 1 amide bonds. The van der Waals surface area contributed by atoms with E-state index in [1.54, 1.807) is 18.9 Å². The van der Waals surface area contributed by atoms with Crippen LogP contribution in [0.25, 0.3) is 0 Å². The molecule has 2 heterocycles. The highest BCUT2D eigenvalue weighted by molar-refractivity contribution is 5.96. The lowest BCUT2D eigenvalue weighted by Crippen LogP contribution is -2.54. The van der Waals surface area contributed by atoms with Crippen LogP contribution < -0.4 is 11.1 Å². The molecule has 0 saturated carbocycles. The van der Waals surface area contributed by atoms with Gasteiger partial charge < -0.3 is 34.9 Å². The number of piperidine rings is 1. The Kier molecular flexibility index (Phi) is 10.8. The van der Waals surface area contributed by atoms with Gasteiger partial charge in [0, 0.05) is 44.5 Å². The molecule has 39 heavy (non-hydrogen) atoms. The number of methoxy groups -OCH3 is 2. The molecule has 3 rings (SSSR count). The SMILES string of the molecule is C=C(OCc1ccc(C(F)(F)F)cc1)/C(C)=C(\N=C(/N)OC)C(=O)N1CCC(N[C@@H]2CCOC[C@@H]2OC)CC1. The van der Waals surface area contributed by atoms with E-state index in [0.29, 0.717) is 37.4 Å². The molecule has 0 radical (unpaired) electrons. The molecule has 2 fully saturated rings. The highest BCUT2D eigenvalue weighted by Gasteiger charge is 2.32. The maximum absolute atomic E-state index is 13.5. The monoisotopic (exact) mass is 554 g/mol. The minimum atomic E-state index is -4.42. The van der Waals surface area contributed by atoms with Gasteiger partial charge in [0.15, 0.2) is 0 Å². The average Bonchev–Trinajstić information content (AvgIpc) is 2.94. The molecule has 2 aliphatic rings. The first kappa shape index (κ1) is 30.5. The van der Waals surface area contributed by atoms with Gasteiger partial charge in [0.2, 0.25) is 0 Å². The number of likely N-dealkylation sites (tertiary alicyclic amines) is 1. The number of allylic oxidation sites excluding steroid dienone is 1. The fourth-order valence-electron chi connectivity index (χ4n) is 4.49. The molecule has 0 bridgehead atoms. The van der Waals surface area contributed by atoms with Crippen LogP contribution in [0.4, 0.5) is 13.2 Å². The normalized spacial score (nSPS) is 21.8. The molecule has 2 aliphatic heterocycles. The summed E-state index contributed by atoms with van der Waals surface area (Å²) >= 11 is 0. The lowest BCUT2D eigenvalue weighted by atomic mass is 9.99. The lowest BCUT2D eigenvalue weighted by Gasteiger charge is -2.38. The van der Waals surface area contributed by atoms with Crippen molar-refractivity contribution in [3.63, 3.8) is 0 Å². The van der Waals surface area contributed by atoms with Gasteiger partial charge in [-0.3, -0.25) is 4.79 Å². The average molecular weight is 555 g/mol. The van der Waals surface area contributed by atoms with Crippen LogP contribution >= 0.6 is 0 Å². The van der Waals surface area contributed by atoms with Crippen LogP contribution in [-0.4, -0.2) is 75.5 Å². The topological polar surface area (TPSA) is 108 Å². The van der Waals surface area contributed by atoms with E-state index in [4.69, 9.17) is 24.7 Å². The predicted octanol–water partition coefficient (Wildman–Crippen LogP) is 3.36. The second kappa shape index (κ2) is 13.8. The van der Waals surface area contributed by atoms with Crippen LogP contribution in [-0.2, 0) is 36.5 Å². The zero-order valence-corrected chi connectivity index (χ0v) is 22.6. The molecule has 12 heteroatoms. The Bertz CT molecular complexity index is 1050. The summed E-state index contributed by atoms with van der Waals surface area (Å²) in [5, 5.41) is 3.65. The van der Waals surface area contributed by atoms with E-state index in [0.717, 1.165) is 31.4 Å². The Hall–Kier alpha value is -3.09. The van der Waals surface area contributed by atoms with Crippen LogP contribution in [0.3, 0.4) is 0 Å². The highest BCUT2D eigenvalue weighted by Crippen LogP contribution is 2.29. The summed E-state index contributed by atoms with van der Waals surface area (Å²) in [5.41, 5.74) is 5.92. The number of hydrogen-bond donors (Lipinski definition) is 2. The fraction of sp³-hybridized carbons (Fsp3) is 0.556. The number of nitrogens with zero attached hydrogens (tertiary/aromatic N) is 2. The molecule has 3 N–H and O–H groups in total. The van der Waals surface area contributed by atoms with Gasteiger partial charge in [-0.05, 0) is 43.9 Å². The van der Waals surface area contributed by atoms with Crippen molar-refractivity contribution in [3.8, 4) is 0 Å². The van der Waals surface area contributed by atoms with Crippen molar-refractivity contribution in [2.24, 2.45) is 10.7 Å². The van der Waals surface area contributed by atoms with Crippen molar-refractivity contribution >= 4 is 11.9 Å². The van der Waals surface area contributed by atoms with E-state index >= 15 is 0 Å². The fourth-order valence-corrected chi connectivity index (χ4v) is 4.49. The summed E-state index contributed by atoms with van der Waals surface area (Å²) in [5.74, 6) is -0.196. The number of benzene rings is 1. The maximum atomic E-state index is 13.5. The van der Waals surface area contributed by atoms with Gasteiger partial charge in [-0.2, -0.15) is 18.2 Å². The minimum absolute atomic E-state index is 0.00413. The molecule has 0 aromatic heterocycles. The first-order valence-corrected chi connectivity index (χ1v) is 12.8. The van der Waals surface area contributed by atoms with Crippen molar-refractivity contribution in [2.75, 3.05) is 40.5 Å². The predicted molar refractivity (Wildman–Crippen MR) is 139 cm³/mol. The second-order valence-corrected chi connectivity index (χ2v) is 9.51. The molecule has 1 aromatic carbocycles. The molecule has 0 aliphatic carbocycles. The molecule has 0 spiro atoms. The number of carbonyl (C=O) groups is 1. The van der Waals surface area contributed by atoms with Gasteiger partial charge in [-0.1, -0.05) is 18.7 Å². The Morgan fingerprint density at radius 3 is 2.46 bits per heavy atom. The summed E-state index contributed by atoms with van der Waals surface area (Å²) in [6, 6.07) is 4.86. The Morgan fingerprint density at radius 1 is 1.21 bits per heavy atom. The van der Waals surface area contributed by atoms with Crippen molar-refractivity contribution in [1.82, 2.24) is 10.2 Å². The van der Waals surface area contributed by atoms with Gasteiger partial charge in [0.05, 0.1) is 25.4 Å². The number of amidine groups is 1. The van der Waals surface area contributed by atoms with Gasteiger partial charge >= 0.3 is 6.18 Å². The number of carbonyl (C=O) groups excluding carboxylic acids is 1. The first-order chi connectivity index (χ1) is 18.5. The first-order valence-electron chi connectivity index (χ1n) is 12.8. The molecule has 2 atom stereocenters. The van der Waals surface area contributed by atoms with Crippen LogP contribution in [0.2, 0.25) is 0 Å². The zero-order chi connectivity index (χ0) is 28.6. The number of amides is 1. The summed E-state index contributed by atoms with van der Waals surface area (Å²) in [7, 11) is 3.02. The molecule has 2 saturated heterocycles. The summed E-state index contributed by atoms with van der Waals surface area (Å²) in [4.78, 5) is 19.4. The quantitative estimate of drug-likeness (QED) is 0.159. The molecule has 1 aromatic rings. The standard InChI is InChI=1S/C27H37F3N4O5/c1-17(18(2)39-15-19-5-7-20(8-6-19)27(28,29)30)24(33-26(31)37-4)25(35)34-12-9-21(10-13-34)32-22-11-14-38-16-23(22)36-3/h5-8,21-23,32H,2,9-16H2,1,3-4H3,(H2,31,33)/b24-17-/t22-,23+/m1/s1. The minimum Gasteiger partial charge on any atom is -0.489 e. The van der Waals surface area contributed by atoms with E-state index in [1.807, 2.05) is 0 Å². The molecular weight excluding hydrogens is 517 g/mol. The smallest absolute Gasteiger partial charge is 0.416 e. The summed E-state index contributed by atoms with van der Waals surface area (Å²) < 4.78 is 60.1. The number of hydrogen-bond acceptors (Lipinski definition) is 7. The molecule has 216 valence electrons. The van der Waals surface area contributed by atoms with E-state index in [2.05, 4.69) is 16.9 Å².